The predicted octanol–water partition coefficient (Wildman–Crippen LogP) is 2.34. The molecule has 7 heteroatoms. The van der Waals surface area contributed by atoms with Gasteiger partial charge in [-0.15, -0.1) is 12.4 Å². The summed E-state index contributed by atoms with van der Waals surface area (Å²) in [4.78, 5) is 14.9. The van der Waals surface area contributed by atoms with Crippen LogP contribution in [-0.4, -0.2) is 59.9 Å². The first-order valence-electron chi connectivity index (χ1n) is 9.23. The van der Waals surface area contributed by atoms with Crippen molar-refractivity contribution in [3.63, 3.8) is 0 Å². The number of phenols is 1. The van der Waals surface area contributed by atoms with Gasteiger partial charge >= 0.3 is 0 Å². The van der Waals surface area contributed by atoms with Crippen LogP contribution in [-0.2, 0) is 4.74 Å². The number of phenolic OH excluding ortho intramolecular Hbond substituents is 1. The van der Waals surface area contributed by atoms with E-state index in [-0.39, 0.29) is 29.7 Å². The second-order valence-electron chi connectivity index (χ2n) is 7.45. The standard InChI is InChI=1S/C19H26N2O4.ClH/c1-2-24-17-8-13(7-16(22)9-17)18(23)21-5-6-25-19(12-21)10-14-3-4-15(11-19)20-14;/h7-9,14-15,20,22H,2-6,10-12H2,1H3;1H/t14-,15+,19?;. The molecular formula is C19H27ClN2O4. The molecule has 144 valence electrons. The van der Waals surface area contributed by atoms with Crippen LogP contribution >= 0.6 is 12.4 Å². The molecule has 1 aromatic rings. The SMILES string of the molecule is CCOc1cc(O)cc(C(=O)N2CCOC3(C[C@H]4CC[C@@H](C3)N4)C2)c1.Cl. The third-order valence-corrected chi connectivity index (χ3v) is 5.56. The summed E-state index contributed by atoms with van der Waals surface area (Å²) in [7, 11) is 0. The molecule has 3 aliphatic rings. The Kier molecular flexibility index (Phi) is 5.65. The van der Waals surface area contributed by atoms with Crippen molar-refractivity contribution >= 4 is 18.3 Å². The largest absolute Gasteiger partial charge is 0.508 e. The zero-order valence-corrected chi connectivity index (χ0v) is 15.9. The number of piperidine rings is 1. The molecule has 3 heterocycles. The van der Waals surface area contributed by atoms with Crippen molar-refractivity contribution in [1.29, 1.82) is 0 Å². The average molecular weight is 383 g/mol. The molecule has 1 spiro atoms. The number of halogens is 1. The van der Waals surface area contributed by atoms with Gasteiger partial charge in [-0.1, -0.05) is 0 Å². The Labute approximate surface area is 160 Å². The molecule has 6 nitrogen and oxygen atoms in total. The van der Waals surface area contributed by atoms with E-state index in [0.717, 1.165) is 12.8 Å². The fourth-order valence-corrected chi connectivity index (χ4v) is 4.61. The third-order valence-electron chi connectivity index (χ3n) is 5.56. The Morgan fingerprint density at radius 3 is 2.77 bits per heavy atom. The molecular weight excluding hydrogens is 356 g/mol. The highest BCUT2D eigenvalue weighted by Crippen LogP contribution is 2.39. The summed E-state index contributed by atoms with van der Waals surface area (Å²) in [6, 6.07) is 5.78. The molecule has 0 saturated carbocycles. The number of amides is 1. The number of nitrogens with zero attached hydrogens (tertiary/aromatic N) is 1. The fourth-order valence-electron chi connectivity index (χ4n) is 4.61. The van der Waals surface area contributed by atoms with Crippen LogP contribution in [0.1, 0.15) is 43.0 Å². The normalized spacial score (nSPS) is 30.1. The van der Waals surface area contributed by atoms with E-state index in [9.17, 15) is 9.90 Å². The molecule has 1 aromatic carbocycles. The number of carbonyl (C=O) groups is 1. The lowest BCUT2D eigenvalue weighted by atomic mass is 9.85. The number of rotatable bonds is 3. The van der Waals surface area contributed by atoms with Crippen LogP contribution in [0.3, 0.4) is 0 Å². The van der Waals surface area contributed by atoms with Gasteiger partial charge < -0.3 is 24.8 Å². The third kappa shape index (κ3) is 3.77. The van der Waals surface area contributed by atoms with Gasteiger partial charge in [-0.25, -0.2) is 0 Å². The van der Waals surface area contributed by atoms with E-state index in [1.165, 1.54) is 25.0 Å². The molecule has 3 fully saturated rings. The van der Waals surface area contributed by atoms with Gasteiger partial charge in [0.05, 0.1) is 25.4 Å². The minimum atomic E-state index is -0.218. The van der Waals surface area contributed by atoms with Gasteiger partial charge in [0, 0.05) is 30.3 Å². The highest BCUT2D eigenvalue weighted by atomic mass is 35.5. The van der Waals surface area contributed by atoms with Crippen LogP contribution in [0.4, 0.5) is 0 Å². The van der Waals surface area contributed by atoms with Crippen LogP contribution in [0.5, 0.6) is 11.5 Å². The molecule has 1 amide bonds. The summed E-state index contributed by atoms with van der Waals surface area (Å²) < 4.78 is 11.6. The smallest absolute Gasteiger partial charge is 0.254 e. The number of aromatic hydroxyl groups is 1. The van der Waals surface area contributed by atoms with Crippen molar-refractivity contribution in [3.05, 3.63) is 23.8 Å². The number of morpholine rings is 1. The highest BCUT2D eigenvalue weighted by Gasteiger charge is 2.47. The van der Waals surface area contributed by atoms with E-state index < -0.39 is 0 Å². The first-order chi connectivity index (χ1) is 12.1. The Balaban J connectivity index is 0.00000196. The van der Waals surface area contributed by atoms with Crippen molar-refractivity contribution in [1.82, 2.24) is 10.2 Å². The molecule has 2 bridgehead atoms. The number of hydrogen-bond donors (Lipinski definition) is 2. The maximum absolute atomic E-state index is 13.0. The minimum absolute atomic E-state index is 0. The number of hydrogen-bond acceptors (Lipinski definition) is 5. The minimum Gasteiger partial charge on any atom is -0.508 e. The van der Waals surface area contributed by atoms with Gasteiger partial charge in [-0.05, 0) is 44.7 Å². The molecule has 1 unspecified atom stereocenters. The molecule has 4 rings (SSSR count). The van der Waals surface area contributed by atoms with E-state index in [4.69, 9.17) is 9.47 Å². The number of nitrogens with one attached hydrogen (secondary N) is 1. The van der Waals surface area contributed by atoms with Crippen LogP contribution in [0.25, 0.3) is 0 Å². The van der Waals surface area contributed by atoms with Crippen molar-refractivity contribution in [3.8, 4) is 11.5 Å². The van der Waals surface area contributed by atoms with E-state index in [2.05, 4.69) is 5.32 Å². The quantitative estimate of drug-likeness (QED) is 0.839. The van der Waals surface area contributed by atoms with Crippen molar-refractivity contribution in [2.24, 2.45) is 0 Å². The van der Waals surface area contributed by atoms with Crippen molar-refractivity contribution < 1.29 is 19.4 Å². The Bertz CT molecular complexity index is 657. The van der Waals surface area contributed by atoms with E-state index in [1.54, 1.807) is 6.07 Å². The predicted molar refractivity (Wildman–Crippen MR) is 100 cm³/mol. The topological polar surface area (TPSA) is 71.0 Å². The van der Waals surface area contributed by atoms with Crippen molar-refractivity contribution in [2.75, 3.05) is 26.3 Å². The summed E-state index contributed by atoms with van der Waals surface area (Å²) in [5, 5.41) is 13.5. The lowest BCUT2D eigenvalue weighted by Crippen LogP contribution is -2.60. The van der Waals surface area contributed by atoms with Gasteiger partial charge in [0.25, 0.3) is 5.91 Å². The molecule has 3 atom stereocenters. The molecule has 3 aliphatic heterocycles. The maximum Gasteiger partial charge on any atom is 0.254 e. The Morgan fingerprint density at radius 1 is 1.35 bits per heavy atom. The second kappa shape index (κ2) is 7.62. The zero-order chi connectivity index (χ0) is 17.4. The van der Waals surface area contributed by atoms with E-state index in [0.29, 0.717) is 49.7 Å². The monoisotopic (exact) mass is 382 g/mol. The summed E-state index contributed by atoms with van der Waals surface area (Å²) in [5.74, 6) is 0.510. The summed E-state index contributed by atoms with van der Waals surface area (Å²) >= 11 is 0. The van der Waals surface area contributed by atoms with Crippen LogP contribution in [0.2, 0.25) is 0 Å². The highest BCUT2D eigenvalue weighted by molar-refractivity contribution is 5.95. The first-order valence-corrected chi connectivity index (χ1v) is 9.23. The van der Waals surface area contributed by atoms with Crippen molar-refractivity contribution in [2.45, 2.75) is 50.3 Å². The Morgan fingerprint density at radius 2 is 2.08 bits per heavy atom. The zero-order valence-electron chi connectivity index (χ0n) is 15.1. The lowest BCUT2D eigenvalue weighted by Gasteiger charge is -2.47. The molecule has 2 N–H and O–H groups in total. The number of benzene rings is 1. The molecule has 26 heavy (non-hydrogen) atoms. The van der Waals surface area contributed by atoms with E-state index >= 15 is 0 Å². The number of fused-ring (bicyclic) bond motifs is 2. The first kappa shape index (κ1) is 19.3. The number of carbonyl (C=O) groups excluding carboxylic acids is 1. The van der Waals surface area contributed by atoms with Gasteiger partial charge in [-0.3, -0.25) is 4.79 Å². The van der Waals surface area contributed by atoms with Crippen LogP contribution < -0.4 is 10.1 Å². The Hall–Kier alpha value is -1.50. The molecule has 3 saturated heterocycles. The second-order valence-corrected chi connectivity index (χ2v) is 7.45. The van der Waals surface area contributed by atoms with Gasteiger partial charge in [0.2, 0.25) is 0 Å². The van der Waals surface area contributed by atoms with Gasteiger partial charge in [0.15, 0.2) is 0 Å². The van der Waals surface area contributed by atoms with E-state index in [1.807, 2.05) is 11.8 Å². The fraction of sp³-hybridized carbons (Fsp3) is 0.632. The number of ether oxygens (including phenoxy) is 2. The molecule has 0 aliphatic carbocycles. The molecule has 0 aromatic heterocycles. The average Bonchev–Trinajstić information content (AvgIpc) is 2.93. The summed E-state index contributed by atoms with van der Waals surface area (Å²) in [5.41, 5.74) is 0.252. The van der Waals surface area contributed by atoms with Gasteiger partial charge in [-0.2, -0.15) is 0 Å². The van der Waals surface area contributed by atoms with Crippen LogP contribution in [0.15, 0.2) is 18.2 Å². The maximum atomic E-state index is 13.0. The van der Waals surface area contributed by atoms with Crippen LogP contribution in [0, 0.1) is 0 Å². The lowest BCUT2D eigenvalue weighted by molar-refractivity contribution is -0.122. The summed E-state index contributed by atoms with van der Waals surface area (Å²) in [6.07, 6.45) is 4.34. The molecule has 0 radical (unpaired) electrons. The van der Waals surface area contributed by atoms with Gasteiger partial charge in [0.1, 0.15) is 11.5 Å². The summed E-state index contributed by atoms with van der Waals surface area (Å²) in [6.45, 7) is 4.15.